The van der Waals surface area contributed by atoms with Crippen LogP contribution in [0, 0.1) is 5.82 Å². The summed E-state index contributed by atoms with van der Waals surface area (Å²) in [5.41, 5.74) is 3.16. The fourth-order valence-electron chi connectivity index (χ4n) is 3.14. The Morgan fingerprint density at radius 3 is 2.67 bits per heavy atom. The monoisotopic (exact) mass is 410 g/mol. The molecule has 150 valence electrons. The lowest BCUT2D eigenvalue weighted by molar-refractivity contribution is 0.116. The molecule has 2 aromatic carbocycles. The molecule has 3 heterocycles. The molecule has 7 nitrogen and oxygen atoms in total. The zero-order chi connectivity index (χ0) is 20.7. The van der Waals surface area contributed by atoms with Crippen LogP contribution in [-0.4, -0.2) is 30.2 Å². The van der Waals surface area contributed by atoms with Crippen molar-refractivity contribution in [1.29, 1.82) is 0 Å². The maximum atomic E-state index is 14.6. The first-order chi connectivity index (χ1) is 14.6. The molecule has 0 spiro atoms. The number of nitrogens with one attached hydrogen (secondary N) is 1. The van der Waals surface area contributed by atoms with E-state index in [-0.39, 0.29) is 18.0 Å². The quantitative estimate of drug-likeness (QED) is 0.458. The summed E-state index contributed by atoms with van der Waals surface area (Å²) in [7, 11) is 0. The van der Waals surface area contributed by atoms with E-state index in [4.69, 9.17) is 4.42 Å². The summed E-state index contributed by atoms with van der Waals surface area (Å²) in [5.74, 6) is -1.52. The number of benzene rings is 2. The zero-order valence-corrected chi connectivity index (χ0v) is 15.3. The summed E-state index contributed by atoms with van der Waals surface area (Å²) in [6, 6.07) is 12.1. The van der Waals surface area contributed by atoms with E-state index in [1.807, 2.05) is 30.5 Å². The Hall–Kier alpha value is -3.95. The van der Waals surface area contributed by atoms with Gasteiger partial charge in [0.25, 0.3) is 5.89 Å². The number of halogens is 3. The van der Waals surface area contributed by atoms with Gasteiger partial charge >= 0.3 is 6.43 Å². The lowest BCUT2D eigenvalue weighted by atomic mass is 10.1. The van der Waals surface area contributed by atoms with Crippen LogP contribution < -0.4 is 0 Å². The third-order valence-corrected chi connectivity index (χ3v) is 4.65. The Morgan fingerprint density at radius 1 is 1.00 bits per heavy atom. The van der Waals surface area contributed by atoms with Gasteiger partial charge in [-0.3, -0.25) is 0 Å². The van der Waals surface area contributed by atoms with Crippen molar-refractivity contribution in [2.24, 2.45) is 0 Å². The minimum absolute atomic E-state index is 0.150. The molecule has 0 saturated heterocycles. The van der Waals surface area contributed by atoms with E-state index in [2.05, 4.69) is 25.5 Å². The van der Waals surface area contributed by atoms with Crippen LogP contribution in [0.25, 0.3) is 33.6 Å². The highest BCUT2D eigenvalue weighted by atomic mass is 19.3. The lowest BCUT2D eigenvalue weighted by Crippen LogP contribution is -2.03. The average Bonchev–Trinajstić information content (AvgIpc) is 3.49. The van der Waals surface area contributed by atoms with Gasteiger partial charge in [0.2, 0.25) is 5.89 Å². The molecule has 0 aliphatic heterocycles. The number of alkyl halides is 2. The standard InChI is InChI=1S/C20H13F3N6O/c21-15-8-13(19-26-27-20(30-19)18(22)23)1-2-14(15)9-29-10-17(25-28-29)11-3-4-16-12(7-11)5-6-24-16/h1-8,10,18,24H,9H2. The van der Waals surface area contributed by atoms with Gasteiger partial charge < -0.3 is 9.40 Å². The minimum Gasteiger partial charge on any atom is -0.415 e. The number of aromatic nitrogens is 6. The van der Waals surface area contributed by atoms with E-state index in [1.54, 1.807) is 6.20 Å². The third-order valence-electron chi connectivity index (χ3n) is 4.65. The number of hydrogen-bond acceptors (Lipinski definition) is 5. The summed E-state index contributed by atoms with van der Waals surface area (Å²) in [4.78, 5) is 3.13. The van der Waals surface area contributed by atoms with E-state index in [9.17, 15) is 13.2 Å². The average molecular weight is 410 g/mol. The Kier molecular flexibility index (Phi) is 4.31. The summed E-state index contributed by atoms with van der Waals surface area (Å²) >= 11 is 0. The summed E-state index contributed by atoms with van der Waals surface area (Å²) in [5, 5.41) is 16.1. The molecular formula is C20H13F3N6O. The van der Waals surface area contributed by atoms with Crippen LogP contribution in [-0.2, 0) is 6.54 Å². The molecule has 0 aliphatic carbocycles. The number of hydrogen-bond donors (Lipinski definition) is 1. The second-order valence-electron chi connectivity index (χ2n) is 6.63. The van der Waals surface area contributed by atoms with Crippen molar-refractivity contribution in [2.45, 2.75) is 13.0 Å². The number of fused-ring (bicyclic) bond motifs is 1. The third kappa shape index (κ3) is 3.32. The largest absolute Gasteiger partial charge is 0.415 e. The topological polar surface area (TPSA) is 85.4 Å². The van der Waals surface area contributed by atoms with Gasteiger partial charge in [0, 0.05) is 33.8 Å². The molecule has 0 amide bonds. The predicted octanol–water partition coefficient (Wildman–Crippen LogP) is 4.60. The molecular weight excluding hydrogens is 397 g/mol. The van der Waals surface area contributed by atoms with Gasteiger partial charge in [0.15, 0.2) is 0 Å². The lowest BCUT2D eigenvalue weighted by Gasteiger charge is -2.04. The first-order valence-corrected chi connectivity index (χ1v) is 8.95. The van der Waals surface area contributed by atoms with Crippen molar-refractivity contribution >= 4 is 10.9 Å². The van der Waals surface area contributed by atoms with Gasteiger partial charge in [-0.15, -0.1) is 15.3 Å². The van der Waals surface area contributed by atoms with Crippen LogP contribution in [0.5, 0.6) is 0 Å². The van der Waals surface area contributed by atoms with Crippen LogP contribution in [0.15, 0.2) is 59.3 Å². The van der Waals surface area contributed by atoms with E-state index >= 15 is 0 Å². The molecule has 3 aromatic heterocycles. The molecule has 0 radical (unpaired) electrons. The Bertz CT molecular complexity index is 1340. The van der Waals surface area contributed by atoms with Gasteiger partial charge in [-0.2, -0.15) is 8.78 Å². The van der Waals surface area contributed by atoms with Gasteiger partial charge in [-0.1, -0.05) is 17.3 Å². The second-order valence-corrected chi connectivity index (χ2v) is 6.63. The normalized spacial score (nSPS) is 11.6. The number of rotatable bonds is 5. The van der Waals surface area contributed by atoms with Crippen LogP contribution in [0.1, 0.15) is 17.9 Å². The number of aromatic amines is 1. The molecule has 1 N–H and O–H groups in total. The molecule has 0 unspecified atom stereocenters. The van der Waals surface area contributed by atoms with Crippen molar-refractivity contribution in [3.63, 3.8) is 0 Å². The van der Waals surface area contributed by atoms with Gasteiger partial charge in [-0.05, 0) is 30.3 Å². The maximum Gasteiger partial charge on any atom is 0.314 e. The zero-order valence-electron chi connectivity index (χ0n) is 15.3. The molecule has 10 heteroatoms. The Morgan fingerprint density at radius 2 is 1.87 bits per heavy atom. The van der Waals surface area contributed by atoms with Gasteiger partial charge in [0.1, 0.15) is 11.5 Å². The van der Waals surface area contributed by atoms with E-state index < -0.39 is 18.1 Å². The molecule has 0 atom stereocenters. The van der Waals surface area contributed by atoms with Crippen LogP contribution >= 0.6 is 0 Å². The number of H-pyrrole nitrogens is 1. The smallest absolute Gasteiger partial charge is 0.314 e. The van der Waals surface area contributed by atoms with Gasteiger partial charge in [0.05, 0.1) is 12.7 Å². The van der Waals surface area contributed by atoms with Crippen LogP contribution in [0.2, 0.25) is 0 Å². The van der Waals surface area contributed by atoms with Crippen molar-refractivity contribution in [3.8, 4) is 22.7 Å². The molecule has 5 rings (SSSR count). The first kappa shape index (κ1) is 18.1. The summed E-state index contributed by atoms with van der Waals surface area (Å²) in [6.45, 7) is 0.150. The van der Waals surface area contributed by atoms with E-state index in [0.29, 0.717) is 11.3 Å². The van der Waals surface area contributed by atoms with Crippen LogP contribution in [0.4, 0.5) is 13.2 Å². The highest BCUT2D eigenvalue weighted by Gasteiger charge is 2.18. The molecule has 0 saturated carbocycles. The molecule has 0 bridgehead atoms. The molecule has 5 aromatic rings. The molecule has 0 aliphatic rings. The maximum absolute atomic E-state index is 14.6. The minimum atomic E-state index is -2.88. The van der Waals surface area contributed by atoms with Crippen LogP contribution in [0.3, 0.4) is 0 Å². The SMILES string of the molecule is Fc1cc(-c2nnc(C(F)F)o2)ccc1Cn1cc(-c2ccc3[nH]ccc3c2)nn1. The molecule has 30 heavy (non-hydrogen) atoms. The second kappa shape index (κ2) is 7.14. The van der Waals surface area contributed by atoms with Crippen molar-refractivity contribution < 1.29 is 17.6 Å². The summed E-state index contributed by atoms with van der Waals surface area (Å²) in [6.07, 6.45) is 0.712. The number of nitrogens with zero attached hydrogens (tertiary/aromatic N) is 5. The Balaban J connectivity index is 1.36. The molecule has 0 fully saturated rings. The predicted molar refractivity (Wildman–Crippen MR) is 101 cm³/mol. The Labute approximate surface area is 167 Å². The summed E-state index contributed by atoms with van der Waals surface area (Å²) < 4.78 is 46.1. The van der Waals surface area contributed by atoms with Crippen molar-refractivity contribution in [3.05, 3.63) is 72.1 Å². The van der Waals surface area contributed by atoms with Gasteiger partial charge in [-0.25, -0.2) is 9.07 Å². The van der Waals surface area contributed by atoms with E-state index in [1.165, 1.54) is 16.8 Å². The first-order valence-electron chi connectivity index (χ1n) is 8.95. The highest BCUT2D eigenvalue weighted by molar-refractivity contribution is 5.84. The van der Waals surface area contributed by atoms with E-state index in [0.717, 1.165) is 22.5 Å². The van der Waals surface area contributed by atoms with Crippen molar-refractivity contribution in [1.82, 2.24) is 30.2 Å². The highest BCUT2D eigenvalue weighted by Crippen LogP contribution is 2.26. The fourth-order valence-corrected chi connectivity index (χ4v) is 3.14. The van der Waals surface area contributed by atoms with Crippen molar-refractivity contribution in [2.75, 3.05) is 0 Å². The fraction of sp³-hybridized carbons (Fsp3) is 0.100.